The fraction of sp³-hybridized carbons (Fsp3) is 0.778. The average molecular weight is 383 g/mol. The van der Waals surface area contributed by atoms with Crippen LogP contribution in [0.25, 0.3) is 0 Å². The van der Waals surface area contributed by atoms with Crippen molar-refractivity contribution in [3.63, 3.8) is 0 Å². The van der Waals surface area contributed by atoms with Crippen molar-refractivity contribution < 1.29 is 37.5 Å². The molecule has 4 heteroatoms. The first-order valence-electron chi connectivity index (χ1n) is 3.73. The van der Waals surface area contributed by atoms with E-state index >= 15 is 0 Å². The van der Waals surface area contributed by atoms with Crippen molar-refractivity contribution >= 4 is 55.2 Å². The third-order valence-corrected chi connectivity index (χ3v) is 1.67. The van der Waals surface area contributed by atoms with Crippen molar-refractivity contribution in [3.05, 3.63) is 7.43 Å². The standard InChI is InChI=1S/C8H16NO.CH3.Ba.Y/c1-8(2)9(3)6-4-5-7-10;;;/h8H,4-6H2,1-3H3;1H3;;/q2*-1;;. The van der Waals surface area contributed by atoms with Gasteiger partial charge in [0.05, 0.1) is 0 Å². The number of hydrogen-bond acceptors (Lipinski definition) is 2. The maximum Gasteiger partial charge on any atom is 0.00355 e. The fourth-order valence-corrected chi connectivity index (χ4v) is 0.659. The predicted octanol–water partition coefficient (Wildman–Crippen LogP) is 1.28. The zero-order valence-corrected chi connectivity index (χ0v) is 16.6. The van der Waals surface area contributed by atoms with Gasteiger partial charge in [0.1, 0.15) is 0 Å². The van der Waals surface area contributed by atoms with Gasteiger partial charge in [-0.3, -0.25) is 6.29 Å². The fourth-order valence-electron chi connectivity index (χ4n) is 0.659. The second-order valence-electron chi connectivity index (χ2n) is 2.82. The largest absolute Gasteiger partial charge is 0.542 e. The average Bonchev–Trinajstić information content (AvgIpc) is 1.88. The molecule has 0 saturated heterocycles. The van der Waals surface area contributed by atoms with Crippen LogP contribution in [0, 0.1) is 7.43 Å². The van der Waals surface area contributed by atoms with Gasteiger partial charge in [-0.1, -0.05) is 6.42 Å². The molecule has 0 aliphatic rings. The summed E-state index contributed by atoms with van der Waals surface area (Å²) in [6, 6.07) is 0.576. The van der Waals surface area contributed by atoms with E-state index in [1.165, 1.54) is 0 Å². The van der Waals surface area contributed by atoms with Gasteiger partial charge in [-0.05, 0) is 27.4 Å². The van der Waals surface area contributed by atoms with Gasteiger partial charge in [0.25, 0.3) is 0 Å². The monoisotopic (exact) mass is 384 g/mol. The van der Waals surface area contributed by atoms with E-state index < -0.39 is 0 Å². The van der Waals surface area contributed by atoms with Gasteiger partial charge in [0.2, 0.25) is 0 Å². The van der Waals surface area contributed by atoms with Gasteiger partial charge in [-0.2, -0.15) is 6.42 Å². The van der Waals surface area contributed by atoms with Crippen molar-refractivity contribution in [2.75, 3.05) is 13.6 Å². The Hall–Kier alpha value is 2.31. The Balaban J connectivity index is -0.000000135. The predicted molar refractivity (Wildman–Crippen MR) is 54.9 cm³/mol. The third-order valence-electron chi connectivity index (χ3n) is 1.67. The first-order chi connectivity index (χ1) is 4.68. The SMILES string of the molecule is CC(C)N(C)CCC[C-]=O.[Ba].[CH3-].[Y]. The van der Waals surface area contributed by atoms with E-state index in [0.717, 1.165) is 13.0 Å². The van der Waals surface area contributed by atoms with E-state index in [1.807, 2.05) is 6.29 Å². The summed E-state index contributed by atoms with van der Waals surface area (Å²) >= 11 is 0. The summed E-state index contributed by atoms with van der Waals surface area (Å²) in [5.41, 5.74) is 0. The van der Waals surface area contributed by atoms with E-state index in [0.29, 0.717) is 12.5 Å². The molecule has 0 saturated carbocycles. The maximum atomic E-state index is 9.81. The first kappa shape index (κ1) is 24.5. The van der Waals surface area contributed by atoms with Crippen molar-refractivity contribution in [1.29, 1.82) is 0 Å². The summed E-state index contributed by atoms with van der Waals surface area (Å²) in [7, 11) is 2.06. The Kier molecular flexibility index (Phi) is 31.5. The van der Waals surface area contributed by atoms with Crippen molar-refractivity contribution in [2.24, 2.45) is 0 Å². The molecule has 0 aliphatic heterocycles. The summed E-state index contributed by atoms with van der Waals surface area (Å²) in [4.78, 5) is 12.0. The molecule has 0 aromatic carbocycles. The number of rotatable bonds is 5. The van der Waals surface area contributed by atoms with Gasteiger partial charge < -0.3 is 17.1 Å². The zero-order chi connectivity index (χ0) is 7.98. The van der Waals surface area contributed by atoms with Gasteiger partial charge in [0.15, 0.2) is 0 Å². The Morgan fingerprint density at radius 3 is 2.15 bits per heavy atom. The van der Waals surface area contributed by atoms with Crippen LogP contribution in [0.2, 0.25) is 0 Å². The van der Waals surface area contributed by atoms with Crippen LogP contribution in [-0.2, 0) is 37.5 Å². The van der Waals surface area contributed by atoms with Gasteiger partial charge in [0, 0.05) is 87.6 Å². The van der Waals surface area contributed by atoms with Crippen LogP contribution in [0.4, 0.5) is 0 Å². The van der Waals surface area contributed by atoms with Crippen LogP contribution in [0.3, 0.4) is 0 Å². The molecule has 0 rings (SSSR count). The minimum Gasteiger partial charge on any atom is -0.542 e. The summed E-state index contributed by atoms with van der Waals surface area (Å²) < 4.78 is 0. The Labute approximate surface area is 149 Å². The molecular formula is C9H19BaNOY-2. The summed E-state index contributed by atoms with van der Waals surface area (Å²) in [5, 5.41) is 0. The molecule has 0 heterocycles. The van der Waals surface area contributed by atoms with Crippen LogP contribution in [0.5, 0.6) is 0 Å². The topological polar surface area (TPSA) is 20.3 Å². The molecule has 0 amide bonds. The molecule has 0 spiro atoms. The van der Waals surface area contributed by atoms with Gasteiger partial charge in [-0.25, -0.2) is 0 Å². The minimum atomic E-state index is 0. The third kappa shape index (κ3) is 16.9. The van der Waals surface area contributed by atoms with Crippen LogP contribution in [-0.4, -0.2) is 79.7 Å². The smallest absolute Gasteiger partial charge is 0.00355 e. The summed E-state index contributed by atoms with van der Waals surface area (Å²) in [6.07, 6.45) is 3.38. The summed E-state index contributed by atoms with van der Waals surface area (Å²) in [6.45, 7) is 5.28. The van der Waals surface area contributed by atoms with E-state index in [-0.39, 0.29) is 89.0 Å². The minimum absolute atomic E-state index is 0. The number of carbonyl (C=O) groups excluding carboxylic acids is 1. The number of unbranched alkanes of at least 4 members (excludes halogenated alkanes) is 1. The molecule has 2 nitrogen and oxygen atoms in total. The van der Waals surface area contributed by atoms with Crippen LogP contribution < -0.4 is 0 Å². The quantitative estimate of drug-likeness (QED) is 0.405. The van der Waals surface area contributed by atoms with Crippen molar-refractivity contribution in [1.82, 2.24) is 4.90 Å². The van der Waals surface area contributed by atoms with Crippen molar-refractivity contribution in [3.8, 4) is 0 Å². The zero-order valence-electron chi connectivity index (χ0n) is 9.34. The van der Waals surface area contributed by atoms with E-state index in [9.17, 15) is 4.79 Å². The van der Waals surface area contributed by atoms with E-state index in [1.54, 1.807) is 0 Å². The van der Waals surface area contributed by atoms with Crippen LogP contribution in [0.1, 0.15) is 26.7 Å². The molecule has 0 aliphatic carbocycles. The molecule has 0 bridgehead atoms. The second-order valence-corrected chi connectivity index (χ2v) is 2.82. The Bertz CT molecular complexity index is 102. The molecular weight excluding hydrogens is 364 g/mol. The van der Waals surface area contributed by atoms with Crippen LogP contribution in [0.15, 0.2) is 0 Å². The molecule has 0 N–H and O–H groups in total. The maximum absolute atomic E-state index is 9.81. The van der Waals surface area contributed by atoms with Gasteiger partial charge in [-0.15, -0.1) is 0 Å². The summed E-state index contributed by atoms with van der Waals surface area (Å²) in [5.74, 6) is 0. The normalized spacial score (nSPS) is 8.38. The molecule has 0 atom stereocenters. The first-order valence-corrected chi connectivity index (χ1v) is 3.73. The number of nitrogens with zero attached hydrogens (tertiary/aromatic N) is 1. The molecule has 3 radical (unpaired) electrons. The van der Waals surface area contributed by atoms with Gasteiger partial charge >= 0.3 is 0 Å². The molecule has 13 heavy (non-hydrogen) atoms. The Morgan fingerprint density at radius 1 is 1.38 bits per heavy atom. The van der Waals surface area contributed by atoms with Crippen LogP contribution >= 0.6 is 0 Å². The van der Waals surface area contributed by atoms with E-state index in [4.69, 9.17) is 0 Å². The Morgan fingerprint density at radius 2 is 1.85 bits per heavy atom. The number of hydrogen-bond donors (Lipinski definition) is 0. The second kappa shape index (κ2) is 16.7. The van der Waals surface area contributed by atoms with E-state index in [2.05, 4.69) is 25.8 Å². The molecule has 0 aromatic heterocycles. The molecule has 0 unspecified atom stereocenters. The molecule has 0 fully saturated rings. The van der Waals surface area contributed by atoms with Crippen molar-refractivity contribution in [2.45, 2.75) is 32.7 Å². The molecule has 0 aromatic rings. The molecule has 73 valence electrons.